The number of thiophene rings is 1. The minimum atomic E-state index is 0.688. The van der Waals surface area contributed by atoms with Gasteiger partial charge in [-0.3, -0.25) is 4.98 Å². The van der Waals surface area contributed by atoms with Gasteiger partial charge in [-0.2, -0.15) is 0 Å². The van der Waals surface area contributed by atoms with Crippen LogP contribution in [-0.4, -0.2) is 12.0 Å². The molecule has 0 spiro atoms. The van der Waals surface area contributed by atoms with Gasteiger partial charge in [0.1, 0.15) is 0 Å². The molecule has 0 unspecified atom stereocenters. The Morgan fingerprint density at radius 3 is 2.88 bits per heavy atom. The minimum absolute atomic E-state index is 0.688. The number of hydrogen-bond acceptors (Lipinski definition) is 4. The monoisotopic (exact) mass is 253 g/mol. The molecule has 0 saturated heterocycles. The fourth-order valence-electron chi connectivity index (χ4n) is 1.50. The Balaban J connectivity index is 2.14. The maximum atomic E-state index is 5.89. The molecule has 0 aromatic carbocycles. The van der Waals surface area contributed by atoms with Crippen LogP contribution < -0.4 is 10.6 Å². The quantitative estimate of drug-likeness (QED) is 0.914. The first-order chi connectivity index (χ1) is 7.66. The number of nitrogens with zero attached hydrogens (tertiary/aromatic N) is 2. The predicted molar refractivity (Wildman–Crippen MR) is 70.1 cm³/mol. The second-order valence-corrected chi connectivity index (χ2v) is 5.30. The van der Waals surface area contributed by atoms with Gasteiger partial charge in [0.2, 0.25) is 0 Å². The number of nitrogens with two attached hydrogens (primary N) is 1. The van der Waals surface area contributed by atoms with Crippen molar-refractivity contribution in [3.05, 3.63) is 39.8 Å². The molecule has 16 heavy (non-hydrogen) atoms. The number of rotatable bonds is 3. The third kappa shape index (κ3) is 2.46. The van der Waals surface area contributed by atoms with Crippen LogP contribution in [0.3, 0.4) is 0 Å². The Morgan fingerprint density at radius 2 is 2.25 bits per heavy atom. The average Bonchev–Trinajstić information content (AvgIpc) is 2.64. The van der Waals surface area contributed by atoms with Crippen LogP contribution in [0.2, 0.25) is 4.34 Å². The topological polar surface area (TPSA) is 42.2 Å². The van der Waals surface area contributed by atoms with Gasteiger partial charge in [-0.15, -0.1) is 11.3 Å². The number of nitrogen functional groups attached to an aromatic ring is 1. The molecule has 0 aliphatic carbocycles. The van der Waals surface area contributed by atoms with Crippen molar-refractivity contribution in [2.45, 2.75) is 6.54 Å². The molecule has 0 bridgehead atoms. The Kier molecular flexibility index (Phi) is 3.31. The molecule has 0 aliphatic rings. The standard InChI is InChI=1S/C11H12ClN3S/c1-15(7-8-2-3-11(12)16-8)10-4-5-14-6-9(10)13/h2-6H,7,13H2,1H3. The summed E-state index contributed by atoms with van der Waals surface area (Å²) in [6.45, 7) is 0.797. The van der Waals surface area contributed by atoms with Crippen LogP contribution in [0.5, 0.6) is 0 Å². The molecule has 2 heterocycles. The van der Waals surface area contributed by atoms with Gasteiger partial charge in [-0.1, -0.05) is 11.6 Å². The Hall–Kier alpha value is -1.26. The maximum Gasteiger partial charge on any atom is 0.0931 e. The first kappa shape index (κ1) is 11.2. The van der Waals surface area contributed by atoms with Gasteiger partial charge in [0.05, 0.1) is 28.5 Å². The molecule has 2 rings (SSSR count). The lowest BCUT2D eigenvalue weighted by molar-refractivity contribution is 0.940. The largest absolute Gasteiger partial charge is 0.396 e. The van der Waals surface area contributed by atoms with Gasteiger partial charge in [0.25, 0.3) is 0 Å². The van der Waals surface area contributed by atoms with Crippen LogP contribution in [0.25, 0.3) is 0 Å². The zero-order valence-corrected chi connectivity index (χ0v) is 10.4. The first-order valence-corrected chi connectivity index (χ1v) is 6.01. The SMILES string of the molecule is CN(Cc1ccc(Cl)s1)c1ccncc1N. The van der Waals surface area contributed by atoms with Crippen molar-refractivity contribution in [1.82, 2.24) is 4.98 Å². The zero-order valence-electron chi connectivity index (χ0n) is 8.85. The number of hydrogen-bond donors (Lipinski definition) is 1. The lowest BCUT2D eigenvalue weighted by Crippen LogP contribution is -2.17. The highest BCUT2D eigenvalue weighted by Crippen LogP contribution is 2.26. The van der Waals surface area contributed by atoms with E-state index in [1.54, 1.807) is 23.7 Å². The smallest absolute Gasteiger partial charge is 0.0931 e. The summed E-state index contributed by atoms with van der Waals surface area (Å²) in [5.74, 6) is 0. The summed E-state index contributed by atoms with van der Waals surface area (Å²) in [6.07, 6.45) is 3.40. The van der Waals surface area contributed by atoms with Crippen LogP contribution in [0.15, 0.2) is 30.6 Å². The number of halogens is 1. The van der Waals surface area contributed by atoms with Crippen molar-refractivity contribution >= 4 is 34.3 Å². The van der Waals surface area contributed by atoms with Gasteiger partial charge in [0, 0.05) is 18.1 Å². The first-order valence-electron chi connectivity index (χ1n) is 4.81. The molecule has 0 saturated carbocycles. The molecule has 0 amide bonds. The van der Waals surface area contributed by atoms with E-state index in [0.29, 0.717) is 5.69 Å². The third-order valence-electron chi connectivity index (χ3n) is 2.26. The number of pyridine rings is 1. The van der Waals surface area contributed by atoms with Crippen LogP contribution in [0, 0.1) is 0 Å². The number of anilines is 2. The molecule has 3 nitrogen and oxygen atoms in total. The maximum absolute atomic E-state index is 5.89. The lowest BCUT2D eigenvalue weighted by atomic mass is 10.3. The van der Waals surface area contributed by atoms with E-state index in [1.165, 1.54) is 4.88 Å². The average molecular weight is 254 g/mol. The van der Waals surface area contributed by atoms with Crippen LogP contribution >= 0.6 is 22.9 Å². The third-order valence-corrected chi connectivity index (χ3v) is 3.48. The van der Waals surface area contributed by atoms with Crippen molar-refractivity contribution in [2.75, 3.05) is 17.7 Å². The summed E-state index contributed by atoms with van der Waals surface area (Å²) in [7, 11) is 2.00. The Labute approximate surface area is 103 Å². The van der Waals surface area contributed by atoms with Crippen molar-refractivity contribution in [3.8, 4) is 0 Å². The van der Waals surface area contributed by atoms with Gasteiger partial charge >= 0.3 is 0 Å². The van der Waals surface area contributed by atoms with Gasteiger partial charge < -0.3 is 10.6 Å². The van der Waals surface area contributed by atoms with Gasteiger partial charge in [-0.25, -0.2) is 0 Å². The molecule has 2 N–H and O–H groups in total. The molecule has 0 atom stereocenters. The highest BCUT2D eigenvalue weighted by molar-refractivity contribution is 7.16. The van der Waals surface area contributed by atoms with Crippen LogP contribution in [0.4, 0.5) is 11.4 Å². The molecule has 0 fully saturated rings. The second-order valence-electron chi connectivity index (χ2n) is 3.50. The molecular weight excluding hydrogens is 242 g/mol. The summed E-state index contributed by atoms with van der Waals surface area (Å²) in [4.78, 5) is 7.26. The van der Waals surface area contributed by atoms with E-state index in [9.17, 15) is 0 Å². The summed E-state index contributed by atoms with van der Waals surface area (Å²) in [6, 6.07) is 5.84. The lowest BCUT2D eigenvalue weighted by Gasteiger charge is -2.19. The highest BCUT2D eigenvalue weighted by atomic mass is 35.5. The minimum Gasteiger partial charge on any atom is -0.396 e. The van der Waals surface area contributed by atoms with Crippen molar-refractivity contribution in [2.24, 2.45) is 0 Å². The molecule has 2 aromatic rings. The molecule has 2 aromatic heterocycles. The molecule has 0 aliphatic heterocycles. The molecular formula is C11H12ClN3S. The van der Waals surface area contributed by atoms with E-state index in [1.807, 2.05) is 25.2 Å². The van der Waals surface area contributed by atoms with E-state index in [-0.39, 0.29) is 0 Å². The van der Waals surface area contributed by atoms with Crippen molar-refractivity contribution < 1.29 is 0 Å². The zero-order chi connectivity index (χ0) is 11.5. The van der Waals surface area contributed by atoms with E-state index in [0.717, 1.165) is 16.6 Å². The van der Waals surface area contributed by atoms with Gasteiger partial charge in [0.15, 0.2) is 0 Å². The summed E-state index contributed by atoms with van der Waals surface area (Å²) in [5.41, 5.74) is 7.53. The predicted octanol–water partition coefficient (Wildman–Crippen LogP) is 3.02. The van der Waals surface area contributed by atoms with Crippen molar-refractivity contribution in [3.63, 3.8) is 0 Å². The van der Waals surface area contributed by atoms with Crippen LogP contribution in [-0.2, 0) is 6.54 Å². The fraction of sp³-hybridized carbons (Fsp3) is 0.182. The van der Waals surface area contributed by atoms with Crippen molar-refractivity contribution in [1.29, 1.82) is 0 Å². The highest BCUT2D eigenvalue weighted by Gasteiger charge is 2.07. The second kappa shape index (κ2) is 4.72. The van der Waals surface area contributed by atoms with E-state index >= 15 is 0 Å². The molecule has 0 radical (unpaired) electrons. The van der Waals surface area contributed by atoms with E-state index in [2.05, 4.69) is 9.88 Å². The van der Waals surface area contributed by atoms with E-state index < -0.39 is 0 Å². The fourth-order valence-corrected chi connectivity index (χ4v) is 2.64. The molecule has 84 valence electrons. The summed E-state index contributed by atoms with van der Waals surface area (Å²) < 4.78 is 0.811. The Morgan fingerprint density at radius 1 is 1.44 bits per heavy atom. The normalized spacial score (nSPS) is 10.4. The summed E-state index contributed by atoms with van der Waals surface area (Å²) >= 11 is 7.47. The number of aromatic nitrogens is 1. The van der Waals surface area contributed by atoms with Crippen LogP contribution in [0.1, 0.15) is 4.88 Å². The summed E-state index contributed by atoms with van der Waals surface area (Å²) in [5, 5.41) is 0. The van der Waals surface area contributed by atoms with E-state index in [4.69, 9.17) is 17.3 Å². The van der Waals surface area contributed by atoms with Gasteiger partial charge in [-0.05, 0) is 18.2 Å². The Bertz CT molecular complexity index is 484. The molecule has 5 heteroatoms.